The van der Waals surface area contributed by atoms with Crippen LogP contribution in [0.1, 0.15) is 34.4 Å². The highest BCUT2D eigenvalue weighted by molar-refractivity contribution is 6.01. The average Bonchev–Trinajstić information content (AvgIpc) is 3.30. The molecule has 9 heteroatoms. The minimum Gasteiger partial charge on any atom is -0.456 e. The van der Waals surface area contributed by atoms with Crippen LogP contribution in [0.5, 0.6) is 0 Å². The molecule has 0 spiro atoms. The summed E-state index contributed by atoms with van der Waals surface area (Å²) >= 11 is 0. The maximum Gasteiger partial charge on any atom is 0.416 e. The number of hydrogen-bond acceptors (Lipinski definition) is 4. The van der Waals surface area contributed by atoms with Crippen LogP contribution < -0.4 is 5.32 Å². The highest BCUT2D eigenvalue weighted by Crippen LogP contribution is 2.29. The zero-order chi connectivity index (χ0) is 21.0. The van der Waals surface area contributed by atoms with Gasteiger partial charge in [-0.1, -0.05) is 12.1 Å². The molecule has 0 aliphatic heterocycles. The van der Waals surface area contributed by atoms with E-state index >= 15 is 0 Å². The number of rotatable bonds is 6. The second kappa shape index (κ2) is 8.17. The van der Waals surface area contributed by atoms with E-state index in [-0.39, 0.29) is 29.5 Å². The quantitative estimate of drug-likeness (QED) is 0.489. The van der Waals surface area contributed by atoms with Crippen LogP contribution in [0, 0.1) is 0 Å². The van der Waals surface area contributed by atoms with Crippen LogP contribution in [0.25, 0.3) is 6.08 Å². The molecule has 0 atom stereocenters. The van der Waals surface area contributed by atoms with Crippen LogP contribution in [0.4, 0.5) is 19.0 Å². The Bertz CT molecular complexity index is 1060. The Morgan fingerprint density at radius 3 is 2.69 bits per heavy atom. The van der Waals surface area contributed by atoms with Crippen LogP contribution in [0.2, 0.25) is 0 Å². The number of alkyl halides is 3. The van der Waals surface area contributed by atoms with Gasteiger partial charge < -0.3 is 9.73 Å². The summed E-state index contributed by atoms with van der Waals surface area (Å²) in [5, 5.41) is 6.68. The molecule has 6 nitrogen and oxygen atoms in total. The number of halogens is 3. The van der Waals surface area contributed by atoms with E-state index in [4.69, 9.17) is 4.42 Å². The van der Waals surface area contributed by atoms with Gasteiger partial charge in [0.1, 0.15) is 5.76 Å². The Morgan fingerprint density at radius 2 is 2.00 bits per heavy atom. The predicted octanol–water partition coefficient (Wildman–Crippen LogP) is 4.40. The molecule has 1 N–H and O–H groups in total. The highest BCUT2D eigenvalue weighted by atomic mass is 19.4. The van der Waals surface area contributed by atoms with Crippen LogP contribution in [-0.2, 0) is 17.5 Å². The summed E-state index contributed by atoms with van der Waals surface area (Å²) in [6.45, 7) is 1.67. The molecule has 0 saturated heterocycles. The monoisotopic (exact) mass is 403 g/mol. The zero-order valence-corrected chi connectivity index (χ0v) is 15.2. The molecule has 3 rings (SSSR count). The van der Waals surface area contributed by atoms with Crippen LogP contribution in [-0.4, -0.2) is 21.5 Å². The molecule has 2 heterocycles. The van der Waals surface area contributed by atoms with Crippen molar-refractivity contribution in [3.8, 4) is 0 Å². The number of aromatic nitrogens is 2. The van der Waals surface area contributed by atoms with Crippen molar-refractivity contribution in [3.63, 3.8) is 0 Å². The zero-order valence-electron chi connectivity index (χ0n) is 15.2. The van der Waals surface area contributed by atoms with Crippen molar-refractivity contribution in [2.45, 2.75) is 19.6 Å². The lowest BCUT2D eigenvalue weighted by atomic mass is 10.1. The molecule has 3 aromatic rings. The summed E-state index contributed by atoms with van der Waals surface area (Å²) in [6.07, 6.45) is -0.423. The first kappa shape index (κ1) is 20.1. The van der Waals surface area contributed by atoms with Crippen molar-refractivity contribution in [2.24, 2.45) is 0 Å². The van der Waals surface area contributed by atoms with Gasteiger partial charge >= 0.3 is 6.18 Å². The summed E-state index contributed by atoms with van der Waals surface area (Å²) in [7, 11) is 0. The number of furan rings is 1. The first-order valence-corrected chi connectivity index (χ1v) is 8.50. The minimum absolute atomic E-state index is 0.183. The Hall–Kier alpha value is -3.62. The lowest BCUT2D eigenvalue weighted by Gasteiger charge is -2.06. The second-order valence-electron chi connectivity index (χ2n) is 6.17. The Labute approximate surface area is 163 Å². The number of ketones is 1. The van der Waals surface area contributed by atoms with Crippen molar-refractivity contribution in [1.82, 2.24) is 9.78 Å². The van der Waals surface area contributed by atoms with Crippen molar-refractivity contribution in [2.75, 3.05) is 5.32 Å². The summed E-state index contributed by atoms with van der Waals surface area (Å²) in [5.74, 6) is 0.324. The van der Waals surface area contributed by atoms with E-state index in [1.165, 1.54) is 29.8 Å². The van der Waals surface area contributed by atoms with Gasteiger partial charge in [-0.3, -0.25) is 14.3 Å². The number of benzene rings is 1. The van der Waals surface area contributed by atoms with Gasteiger partial charge in [0.05, 0.1) is 12.1 Å². The van der Waals surface area contributed by atoms with Crippen LogP contribution >= 0.6 is 0 Å². The lowest BCUT2D eigenvalue weighted by molar-refractivity contribution is -0.137. The number of hydrogen-bond donors (Lipinski definition) is 1. The van der Waals surface area contributed by atoms with Crippen LogP contribution in [0.3, 0.4) is 0 Å². The van der Waals surface area contributed by atoms with E-state index in [0.29, 0.717) is 5.76 Å². The van der Waals surface area contributed by atoms with Gasteiger partial charge in [0.25, 0.3) is 0 Å². The van der Waals surface area contributed by atoms with Gasteiger partial charge in [-0.2, -0.15) is 18.3 Å². The molecule has 0 bridgehead atoms. The number of anilines is 1. The molecule has 0 saturated carbocycles. The third-order valence-electron chi connectivity index (χ3n) is 3.86. The number of carbonyl (C=O) groups is 2. The maximum atomic E-state index is 12.7. The number of nitrogens with zero attached hydrogens (tertiary/aromatic N) is 2. The van der Waals surface area contributed by atoms with Gasteiger partial charge in [-0.25, -0.2) is 0 Å². The Balaban J connectivity index is 1.60. The molecular formula is C20H16F3N3O3. The summed E-state index contributed by atoms with van der Waals surface area (Å²) in [4.78, 5) is 23.2. The summed E-state index contributed by atoms with van der Waals surface area (Å²) in [5.41, 5.74) is -0.538. The number of carbonyl (C=O) groups excluding carboxylic acids is 2. The van der Waals surface area contributed by atoms with Crippen molar-refractivity contribution in [3.05, 3.63) is 77.4 Å². The smallest absolute Gasteiger partial charge is 0.416 e. The molecule has 0 aliphatic rings. The molecular weight excluding hydrogens is 387 g/mol. The fourth-order valence-electron chi connectivity index (χ4n) is 2.49. The number of nitrogens with one attached hydrogen (secondary N) is 1. The molecule has 1 amide bonds. The second-order valence-corrected chi connectivity index (χ2v) is 6.17. The maximum absolute atomic E-state index is 12.7. The van der Waals surface area contributed by atoms with Crippen molar-refractivity contribution < 1.29 is 27.2 Å². The molecule has 0 aliphatic carbocycles. The average molecular weight is 403 g/mol. The first-order chi connectivity index (χ1) is 13.7. The van der Waals surface area contributed by atoms with Crippen molar-refractivity contribution in [1.29, 1.82) is 0 Å². The number of amides is 1. The SMILES string of the molecule is CC(=O)c1ccc(Cn2ccc(NC(=O)/C=C/c3cccc(C(F)(F)F)c3)n2)o1. The van der Waals surface area contributed by atoms with Crippen molar-refractivity contribution >= 4 is 23.6 Å². The first-order valence-electron chi connectivity index (χ1n) is 8.50. The predicted molar refractivity (Wildman–Crippen MR) is 99.1 cm³/mol. The third kappa shape index (κ3) is 5.44. The summed E-state index contributed by atoms with van der Waals surface area (Å²) < 4.78 is 45.0. The molecule has 150 valence electrons. The fourth-order valence-corrected chi connectivity index (χ4v) is 2.49. The largest absolute Gasteiger partial charge is 0.456 e. The van der Waals surface area contributed by atoms with E-state index in [0.717, 1.165) is 18.2 Å². The van der Waals surface area contributed by atoms with Crippen LogP contribution in [0.15, 0.2) is 59.2 Å². The lowest BCUT2D eigenvalue weighted by Crippen LogP contribution is -2.09. The number of Topliss-reactive ketones (excluding diaryl/α,β-unsaturated/α-hetero) is 1. The van der Waals surface area contributed by atoms with E-state index in [2.05, 4.69) is 10.4 Å². The molecule has 1 aromatic carbocycles. The van der Waals surface area contributed by atoms with Gasteiger partial charge in [0.15, 0.2) is 17.4 Å². The molecule has 0 radical (unpaired) electrons. The Morgan fingerprint density at radius 1 is 1.21 bits per heavy atom. The van der Waals surface area contributed by atoms with E-state index in [1.807, 2.05) is 0 Å². The fraction of sp³-hybridized carbons (Fsp3) is 0.150. The van der Waals surface area contributed by atoms with Gasteiger partial charge in [-0.15, -0.1) is 0 Å². The normalized spacial score (nSPS) is 11.7. The molecule has 29 heavy (non-hydrogen) atoms. The van der Waals surface area contributed by atoms with E-state index in [9.17, 15) is 22.8 Å². The standard InChI is InChI=1S/C20H16F3N3O3/c1-13(27)17-7-6-16(29-17)12-26-10-9-18(25-26)24-19(28)8-5-14-3-2-4-15(11-14)20(21,22)23/h2-11H,12H2,1H3,(H,24,25,28)/b8-5+. The molecule has 0 unspecified atom stereocenters. The topological polar surface area (TPSA) is 77.1 Å². The molecule has 2 aromatic heterocycles. The molecule has 0 fully saturated rings. The Kier molecular flexibility index (Phi) is 5.67. The summed E-state index contributed by atoms with van der Waals surface area (Å²) in [6, 6.07) is 9.45. The van der Waals surface area contributed by atoms with Gasteiger partial charge in [-0.05, 0) is 35.9 Å². The van der Waals surface area contributed by atoms with E-state index in [1.54, 1.807) is 24.4 Å². The highest BCUT2D eigenvalue weighted by Gasteiger charge is 2.30. The minimum atomic E-state index is -4.45. The third-order valence-corrected chi connectivity index (χ3v) is 3.86. The van der Waals surface area contributed by atoms with Gasteiger partial charge in [0, 0.05) is 25.3 Å². The van der Waals surface area contributed by atoms with Gasteiger partial charge in [0.2, 0.25) is 5.91 Å². The van der Waals surface area contributed by atoms with E-state index < -0.39 is 17.6 Å².